The van der Waals surface area contributed by atoms with Crippen LogP contribution in [0.3, 0.4) is 0 Å². The summed E-state index contributed by atoms with van der Waals surface area (Å²) in [6.07, 6.45) is 2.63. The van der Waals surface area contributed by atoms with Crippen LogP contribution in [-0.2, 0) is 16.0 Å². The molecule has 1 saturated carbocycles. The molecule has 4 nitrogen and oxygen atoms in total. The molecule has 0 aliphatic heterocycles. The third-order valence-electron chi connectivity index (χ3n) is 3.14. The zero-order valence-electron chi connectivity index (χ0n) is 12.3. The maximum atomic E-state index is 5.68. The SMILES string of the molecule is CCOCCOCCOc1cccc(CNC2CC2)c1. The third-order valence-corrected chi connectivity index (χ3v) is 3.14. The average Bonchev–Trinajstić information content (AvgIpc) is 3.29. The minimum atomic E-state index is 0.575. The van der Waals surface area contributed by atoms with Crippen LogP contribution in [0.2, 0.25) is 0 Å². The van der Waals surface area contributed by atoms with Gasteiger partial charge < -0.3 is 19.5 Å². The van der Waals surface area contributed by atoms with Crippen LogP contribution in [-0.4, -0.2) is 39.1 Å². The summed E-state index contributed by atoms with van der Waals surface area (Å²) < 4.78 is 16.3. The largest absolute Gasteiger partial charge is 0.491 e. The zero-order chi connectivity index (χ0) is 14.0. The van der Waals surface area contributed by atoms with Crippen LogP contribution >= 0.6 is 0 Å². The van der Waals surface area contributed by atoms with E-state index in [0.717, 1.165) is 24.9 Å². The molecule has 20 heavy (non-hydrogen) atoms. The molecule has 1 aromatic rings. The normalized spacial score (nSPS) is 14.4. The minimum Gasteiger partial charge on any atom is -0.491 e. The summed E-state index contributed by atoms with van der Waals surface area (Å²) in [5, 5.41) is 3.50. The molecule has 1 aliphatic rings. The van der Waals surface area contributed by atoms with Crippen molar-refractivity contribution in [3.8, 4) is 5.75 Å². The first-order valence-corrected chi connectivity index (χ1v) is 7.49. The third kappa shape index (κ3) is 6.37. The molecule has 1 aliphatic carbocycles. The Bertz CT molecular complexity index is 380. The number of nitrogens with one attached hydrogen (secondary N) is 1. The standard InChI is InChI=1S/C16H25NO3/c1-2-18-8-9-19-10-11-20-16-5-3-4-14(12-16)13-17-15-6-7-15/h3-5,12,15,17H,2,6-11,13H2,1H3. The van der Waals surface area contributed by atoms with E-state index in [-0.39, 0.29) is 0 Å². The molecule has 0 heterocycles. The highest BCUT2D eigenvalue weighted by Crippen LogP contribution is 2.20. The van der Waals surface area contributed by atoms with E-state index in [1.807, 2.05) is 19.1 Å². The second-order valence-electron chi connectivity index (χ2n) is 4.96. The number of ether oxygens (including phenoxy) is 3. The molecule has 4 heteroatoms. The van der Waals surface area contributed by atoms with E-state index in [2.05, 4.69) is 17.4 Å². The highest BCUT2D eigenvalue weighted by Gasteiger charge is 2.19. The molecular weight excluding hydrogens is 254 g/mol. The Labute approximate surface area is 121 Å². The highest BCUT2D eigenvalue weighted by molar-refractivity contribution is 5.28. The number of hydrogen-bond donors (Lipinski definition) is 1. The lowest BCUT2D eigenvalue weighted by atomic mass is 10.2. The van der Waals surface area contributed by atoms with Gasteiger partial charge in [0.2, 0.25) is 0 Å². The predicted molar refractivity (Wildman–Crippen MR) is 79.1 cm³/mol. The van der Waals surface area contributed by atoms with Crippen molar-refractivity contribution in [3.05, 3.63) is 29.8 Å². The number of benzene rings is 1. The molecule has 0 saturated heterocycles. The zero-order valence-corrected chi connectivity index (χ0v) is 12.3. The minimum absolute atomic E-state index is 0.575. The molecule has 0 atom stereocenters. The van der Waals surface area contributed by atoms with E-state index < -0.39 is 0 Å². The summed E-state index contributed by atoms with van der Waals surface area (Å²) in [4.78, 5) is 0. The van der Waals surface area contributed by atoms with Crippen LogP contribution in [0, 0.1) is 0 Å². The Balaban J connectivity index is 1.58. The Morgan fingerprint density at radius 1 is 1.10 bits per heavy atom. The van der Waals surface area contributed by atoms with E-state index in [1.54, 1.807) is 0 Å². The van der Waals surface area contributed by atoms with Crippen molar-refractivity contribution in [2.24, 2.45) is 0 Å². The summed E-state index contributed by atoms with van der Waals surface area (Å²) in [6, 6.07) is 8.98. The van der Waals surface area contributed by atoms with E-state index >= 15 is 0 Å². The molecule has 2 rings (SSSR count). The van der Waals surface area contributed by atoms with E-state index in [1.165, 1.54) is 18.4 Å². The molecule has 0 radical (unpaired) electrons. The van der Waals surface area contributed by atoms with Gasteiger partial charge in [0.05, 0.1) is 19.8 Å². The second-order valence-corrected chi connectivity index (χ2v) is 4.96. The fourth-order valence-electron chi connectivity index (χ4n) is 1.88. The van der Waals surface area contributed by atoms with Gasteiger partial charge in [0.1, 0.15) is 12.4 Å². The van der Waals surface area contributed by atoms with E-state index in [4.69, 9.17) is 14.2 Å². The van der Waals surface area contributed by atoms with Crippen LogP contribution in [0.25, 0.3) is 0 Å². The van der Waals surface area contributed by atoms with Crippen LogP contribution in [0.15, 0.2) is 24.3 Å². The Morgan fingerprint density at radius 2 is 1.90 bits per heavy atom. The van der Waals surface area contributed by atoms with Gasteiger partial charge in [0, 0.05) is 19.2 Å². The van der Waals surface area contributed by atoms with Crippen LogP contribution < -0.4 is 10.1 Å². The van der Waals surface area contributed by atoms with Crippen molar-refractivity contribution in [2.45, 2.75) is 32.4 Å². The van der Waals surface area contributed by atoms with Crippen molar-refractivity contribution >= 4 is 0 Å². The van der Waals surface area contributed by atoms with Crippen LogP contribution in [0.4, 0.5) is 0 Å². The van der Waals surface area contributed by atoms with Gasteiger partial charge in [0.15, 0.2) is 0 Å². The average molecular weight is 279 g/mol. The molecule has 112 valence electrons. The summed E-state index contributed by atoms with van der Waals surface area (Å²) in [5.74, 6) is 0.911. The maximum absolute atomic E-state index is 5.68. The maximum Gasteiger partial charge on any atom is 0.119 e. The predicted octanol–water partition coefficient (Wildman–Crippen LogP) is 2.37. The first-order chi connectivity index (χ1) is 9.88. The fraction of sp³-hybridized carbons (Fsp3) is 0.625. The lowest BCUT2D eigenvalue weighted by Gasteiger charge is -2.09. The molecule has 1 aromatic carbocycles. The molecule has 0 aromatic heterocycles. The van der Waals surface area contributed by atoms with Crippen molar-refractivity contribution in [2.75, 3.05) is 33.0 Å². The summed E-state index contributed by atoms with van der Waals surface area (Å²) >= 11 is 0. The number of rotatable bonds is 11. The topological polar surface area (TPSA) is 39.7 Å². The monoisotopic (exact) mass is 279 g/mol. The highest BCUT2D eigenvalue weighted by atomic mass is 16.5. The molecule has 0 unspecified atom stereocenters. The van der Waals surface area contributed by atoms with Gasteiger partial charge in [-0.25, -0.2) is 0 Å². The lowest BCUT2D eigenvalue weighted by Crippen LogP contribution is -2.15. The summed E-state index contributed by atoms with van der Waals surface area (Å²) in [5.41, 5.74) is 1.27. The summed E-state index contributed by atoms with van der Waals surface area (Å²) in [6.45, 7) is 6.09. The second kappa shape index (κ2) is 8.95. The fourth-order valence-corrected chi connectivity index (χ4v) is 1.88. The first kappa shape index (κ1) is 15.3. The quantitative estimate of drug-likeness (QED) is 0.631. The van der Waals surface area contributed by atoms with Gasteiger partial charge in [-0.15, -0.1) is 0 Å². The Hall–Kier alpha value is -1.10. The smallest absolute Gasteiger partial charge is 0.119 e. The van der Waals surface area contributed by atoms with Gasteiger partial charge in [-0.3, -0.25) is 0 Å². The molecule has 1 N–H and O–H groups in total. The lowest BCUT2D eigenvalue weighted by molar-refractivity contribution is 0.0405. The van der Waals surface area contributed by atoms with Crippen molar-refractivity contribution in [3.63, 3.8) is 0 Å². The molecule has 0 spiro atoms. The Morgan fingerprint density at radius 3 is 2.70 bits per heavy atom. The molecule has 0 amide bonds. The van der Waals surface area contributed by atoms with Gasteiger partial charge in [-0.2, -0.15) is 0 Å². The molecule has 0 bridgehead atoms. The van der Waals surface area contributed by atoms with Gasteiger partial charge in [-0.1, -0.05) is 12.1 Å². The Kier molecular flexibility index (Phi) is 6.84. The van der Waals surface area contributed by atoms with Crippen LogP contribution in [0.1, 0.15) is 25.3 Å². The number of hydrogen-bond acceptors (Lipinski definition) is 4. The van der Waals surface area contributed by atoms with Gasteiger partial charge in [0.25, 0.3) is 0 Å². The van der Waals surface area contributed by atoms with Gasteiger partial charge in [-0.05, 0) is 37.5 Å². The first-order valence-electron chi connectivity index (χ1n) is 7.49. The van der Waals surface area contributed by atoms with E-state index in [9.17, 15) is 0 Å². The molecule has 1 fully saturated rings. The van der Waals surface area contributed by atoms with Crippen molar-refractivity contribution in [1.82, 2.24) is 5.32 Å². The molecular formula is C16H25NO3. The van der Waals surface area contributed by atoms with Gasteiger partial charge >= 0.3 is 0 Å². The van der Waals surface area contributed by atoms with Crippen LogP contribution in [0.5, 0.6) is 5.75 Å². The van der Waals surface area contributed by atoms with Crippen molar-refractivity contribution < 1.29 is 14.2 Å². The van der Waals surface area contributed by atoms with E-state index in [0.29, 0.717) is 26.4 Å². The van der Waals surface area contributed by atoms with Crippen molar-refractivity contribution in [1.29, 1.82) is 0 Å². The summed E-state index contributed by atoms with van der Waals surface area (Å²) in [7, 11) is 0.